The number of amides is 1. The first kappa shape index (κ1) is 13.9. The first-order valence-corrected chi connectivity index (χ1v) is 7.28. The van der Waals surface area contributed by atoms with Crippen LogP contribution in [0, 0.1) is 0 Å². The van der Waals surface area contributed by atoms with Gasteiger partial charge in [0.1, 0.15) is 6.61 Å². The van der Waals surface area contributed by atoms with Gasteiger partial charge in [-0.2, -0.15) is 0 Å². The summed E-state index contributed by atoms with van der Waals surface area (Å²) in [5.41, 5.74) is 1.04. The molecule has 0 saturated carbocycles. The third-order valence-electron chi connectivity index (χ3n) is 3.69. The maximum Gasteiger partial charge on any atom is 0.410 e. The van der Waals surface area contributed by atoms with Crippen LogP contribution in [0.5, 0.6) is 0 Å². The van der Waals surface area contributed by atoms with Crippen molar-refractivity contribution in [2.45, 2.75) is 51.7 Å². The van der Waals surface area contributed by atoms with Gasteiger partial charge in [0, 0.05) is 12.6 Å². The molecule has 1 aliphatic heterocycles. The van der Waals surface area contributed by atoms with E-state index in [1.807, 2.05) is 35.2 Å². The van der Waals surface area contributed by atoms with Crippen molar-refractivity contribution >= 4 is 6.09 Å². The number of hydrogen-bond donors (Lipinski definition) is 0. The summed E-state index contributed by atoms with van der Waals surface area (Å²) < 4.78 is 5.43. The minimum Gasteiger partial charge on any atom is -0.445 e. The van der Waals surface area contributed by atoms with Gasteiger partial charge in [-0.25, -0.2) is 4.79 Å². The van der Waals surface area contributed by atoms with E-state index in [9.17, 15) is 4.79 Å². The van der Waals surface area contributed by atoms with Crippen LogP contribution in [0.4, 0.5) is 4.79 Å². The van der Waals surface area contributed by atoms with Gasteiger partial charge in [-0.15, -0.1) is 0 Å². The third kappa shape index (κ3) is 3.98. The smallest absolute Gasteiger partial charge is 0.410 e. The molecule has 19 heavy (non-hydrogen) atoms. The van der Waals surface area contributed by atoms with Crippen molar-refractivity contribution in [3.8, 4) is 0 Å². The molecule has 1 aliphatic rings. The van der Waals surface area contributed by atoms with Crippen molar-refractivity contribution in [2.24, 2.45) is 0 Å². The van der Waals surface area contributed by atoms with Gasteiger partial charge in [-0.05, 0) is 31.2 Å². The highest BCUT2D eigenvalue weighted by molar-refractivity contribution is 5.68. The van der Waals surface area contributed by atoms with Crippen LogP contribution in [0.25, 0.3) is 0 Å². The van der Waals surface area contributed by atoms with Gasteiger partial charge in [0.05, 0.1) is 0 Å². The molecular weight excluding hydrogens is 238 g/mol. The molecule has 1 amide bonds. The van der Waals surface area contributed by atoms with E-state index in [1.54, 1.807) is 0 Å². The molecule has 3 nitrogen and oxygen atoms in total. The largest absolute Gasteiger partial charge is 0.445 e. The molecule has 2 rings (SSSR count). The molecule has 0 spiro atoms. The SMILES string of the molecule is CCC[C@@H]1CCCCN1C(=O)OCc1ccccc1. The normalized spacial score (nSPS) is 19.2. The molecule has 1 heterocycles. The molecule has 0 aromatic heterocycles. The van der Waals surface area contributed by atoms with Crippen LogP contribution >= 0.6 is 0 Å². The highest BCUT2D eigenvalue weighted by Crippen LogP contribution is 2.21. The van der Waals surface area contributed by atoms with Gasteiger partial charge in [0.2, 0.25) is 0 Å². The topological polar surface area (TPSA) is 29.5 Å². The average molecular weight is 261 g/mol. The van der Waals surface area contributed by atoms with Gasteiger partial charge >= 0.3 is 6.09 Å². The zero-order valence-electron chi connectivity index (χ0n) is 11.7. The fraction of sp³-hybridized carbons (Fsp3) is 0.562. The lowest BCUT2D eigenvalue weighted by atomic mass is 9.99. The van der Waals surface area contributed by atoms with Crippen molar-refractivity contribution in [3.05, 3.63) is 35.9 Å². The van der Waals surface area contributed by atoms with E-state index in [-0.39, 0.29) is 6.09 Å². The van der Waals surface area contributed by atoms with Crippen LogP contribution in [0.3, 0.4) is 0 Å². The van der Waals surface area contributed by atoms with Crippen LogP contribution in [0.2, 0.25) is 0 Å². The number of rotatable bonds is 4. The minimum atomic E-state index is -0.151. The Morgan fingerprint density at radius 2 is 2.11 bits per heavy atom. The number of ether oxygens (including phenoxy) is 1. The number of likely N-dealkylation sites (tertiary alicyclic amines) is 1. The van der Waals surface area contributed by atoms with E-state index in [0.29, 0.717) is 12.6 Å². The Labute approximate surface area is 115 Å². The summed E-state index contributed by atoms with van der Waals surface area (Å²) in [6.45, 7) is 3.38. The van der Waals surface area contributed by atoms with Crippen LogP contribution in [0.1, 0.15) is 44.6 Å². The van der Waals surface area contributed by atoms with Crippen molar-refractivity contribution in [1.29, 1.82) is 0 Å². The molecule has 0 bridgehead atoms. The summed E-state index contributed by atoms with van der Waals surface area (Å²) in [5.74, 6) is 0. The van der Waals surface area contributed by atoms with E-state index < -0.39 is 0 Å². The van der Waals surface area contributed by atoms with Crippen LogP contribution in [0.15, 0.2) is 30.3 Å². The van der Waals surface area contributed by atoms with E-state index in [0.717, 1.165) is 37.8 Å². The molecule has 1 fully saturated rings. The number of piperidine rings is 1. The summed E-state index contributed by atoms with van der Waals surface area (Å²) in [6.07, 6.45) is 5.50. The van der Waals surface area contributed by atoms with E-state index in [2.05, 4.69) is 6.92 Å². The van der Waals surface area contributed by atoms with Crippen LogP contribution in [-0.4, -0.2) is 23.6 Å². The number of hydrogen-bond acceptors (Lipinski definition) is 2. The number of benzene rings is 1. The molecular formula is C16H23NO2. The summed E-state index contributed by atoms with van der Waals surface area (Å²) in [4.78, 5) is 14.1. The molecule has 104 valence electrons. The standard InChI is InChI=1S/C16H23NO2/c1-2-8-15-11-6-7-12-17(15)16(18)19-13-14-9-4-3-5-10-14/h3-5,9-10,15H,2,6-8,11-13H2,1H3/t15-/m1/s1. The first-order valence-electron chi connectivity index (χ1n) is 7.28. The Morgan fingerprint density at radius 1 is 1.32 bits per heavy atom. The number of nitrogens with zero attached hydrogens (tertiary/aromatic N) is 1. The Morgan fingerprint density at radius 3 is 2.84 bits per heavy atom. The molecule has 1 saturated heterocycles. The zero-order chi connectivity index (χ0) is 13.5. The van der Waals surface area contributed by atoms with Gasteiger partial charge < -0.3 is 9.64 Å². The summed E-state index contributed by atoms with van der Waals surface area (Å²) in [6, 6.07) is 10.2. The Kier molecular flexibility index (Phi) is 5.25. The first-order chi connectivity index (χ1) is 9.31. The lowest BCUT2D eigenvalue weighted by Gasteiger charge is -2.34. The molecule has 0 N–H and O–H groups in total. The maximum absolute atomic E-state index is 12.2. The van der Waals surface area contributed by atoms with E-state index >= 15 is 0 Å². The van der Waals surface area contributed by atoms with Gasteiger partial charge in [0.25, 0.3) is 0 Å². The molecule has 0 unspecified atom stereocenters. The lowest BCUT2D eigenvalue weighted by molar-refractivity contribution is 0.0659. The monoisotopic (exact) mass is 261 g/mol. The third-order valence-corrected chi connectivity index (χ3v) is 3.69. The quantitative estimate of drug-likeness (QED) is 0.820. The highest BCUT2D eigenvalue weighted by Gasteiger charge is 2.26. The Hall–Kier alpha value is -1.51. The fourth-order valence-corrected chi connectivity index (χ4v) is 2.68. The summed E-state index contributed by atoms with van der Waals surface area (Å²) >= 11 is 0. The molecule has 0 aliphatic carbocycles. The van der Waals surface area contributed by atoms with Crippen molar-refractivity contribution in [2.75, 3.05) is 6.54 Å². The van der Waals surface area contributed by atoms with Gasteiger partial charge in [-0.1, -0.05) is 43.7 Å². The average Bonchev–Trinajstić information content (AvgIpc) is 2.47. The number of carbonyl (C=O) groups excluding carboxylic acids is 1. The zero-order valence-corrected chi connectivity index (χ0v) is 11.7. The second-order valence-electron chi connectivity index (χ2n) is 5.17. The van der Waals surface area contributed by atoms with Crippen LogP contribution < -0.4 is 0 Å². The maximum atomic E-state index is 12.2. The lowest BCUT2D eigenvalue weighted by Crippen LogP contribution is -2.43. The van der Waals surface area contributed by atoms with Crippen molar-refractivity contribution < 1.29 is 9.53 Å². The molecule has 1 atom stereocenters. The fourth-order valence-electron chi connectivity index (χ4n) is 2.68. The van der Waals surface area contributed by atoms with Crippen molar-refractivity contribution in [3.63, 3.8) is 0 Å². The van der Waals surface area contributed by atoms with E-state index in [1.165, 1.54) is 6.42 Å². The molecule has 3 heteroatoms. The molecule has 0 radical (unpaired) electrons. The highest BCUT2D eigenvalue weighted by atomic mass is 16.6. The minimum absolute atomic E-state index is 0.151. The predicted molar refractivity (Wildman–Crippen MR) is 75.9 cm³/mol. The second kappa shape index (κ2) is 7.17. The summed E-state index contributed by atoms with van der Waals surface area (Å²) in [7, 11) is 0. The van der Waals surface area contributed by atoms with Gasteiger partial charge in [-0.3, -0.25) is 0 Å². The second-order valence-corrected chi connectivity index (χ2v) is 5.17. The molecule has 1 aromatic carbocycles. The number of carbonyl (C=O) groups is 1. The van der Waals surface area contributed by atoms with Gasteiger partial charge in [0.15, 0.2) is 0 Å². The predicted octanol–water partition coefficient (Wildman–Crippen LogP) is 3.98. The molecule has 1 aromatic rings. The van der Waals surface area contributed by atoms with E-state index in [4.69, 9.17) is 4.74 Å². The summed E-state index contributed by atoms with van der Waals surface area (Å²) in [5, 5.41) is 0. The van der Waals surface area contributed by atoms with Crippen LogP contribution in [-0.2, 0) is 11.3 Å². The van der Waals surface area contributed by atoms with Crippen molar-refractivity contribution in [1.82, 2.24) is 4.90 Å². The Balaban J connectivity index is 1.87. The Bertz CT molecular complexity index is 389.